The summed E-state index contributed by atoms with van der Waals surface area (Å²) in [7, 11) is 0. The molecule has 0 aromatic rings. The summed E-state index contributed by atoms with van der Waals surface area (Å²) in [5, 5.41) is 42.0. The summed E-state index contributed by atoms with van der Waals surface area (Å²) in [5.41, 5.74) is 10.8. The molecule has 0 aromatic heterocycles. The van der Waals surface area contributed by atoms with E-state index in [2.05, 4.69) is 10.6 Å². The van der Waals surface area contributed by atoms with Crippen LogP contribution in [-0.2, 0) is 9.59 Å². The highest BCUT2D eigenvalue weighted by Gasteiger charge is 2.28. The lowest BCUT2D eigenvalue weighted by Gasteiger charge is -2.32. The maximum atomic E-state index is 11.4. The lowest BCUT2D eigenvalue weighted by atomic mass is 9.84. The van der Waals surface area contributed by atoms with Crippen LogP contribution in [0.4, 0.5) is 0 Å². The highest BCUT2D eigenvalue weighted by atomic mass is 16.3. The van der Waals surface area contributed by atoms with Gasteiger partial charge in [-0.15, -0.1) is 0 Å². The van der Waals surface area contributed by atoms with E-state index in [-0.39, 0.29) is 61.2 Å². The Labute approximate surface area is 178 Å². The van der Waals surface area contributed by atoms with Gasteiger partial charge in [0.25, 0.3) is 0 Å². The van der Waals surface area contributed by atoms with E-state index in [1.54, 1.807) is 0 Å². The van der Waals surface area contributed by atoms with Gasteiger partial charge in [0.1, 0.15) is 12.1 Å². The molecular weight excluding hydrogens is 392 g/mol. The summed E-state index contributed by atoms with van der Waals surface area (Å²) in [4.78, 5) is 22.7. The van der Waals surface area contributed by atoms with E-state index in [0.717, 1.165) is 25.7 Å². The van der Waals surface area contributed by atoms with Gasteiger partial charge >= 0.3 is 0 Å². The Morgan fingerprint density at radius 3 is 1.40 bits per heavy atom. The number of hydrogen-bond donors (Lipinski definition) is 8. The monoisotopic (exact) mass is 432 g/mol. The molecule has 0 spiro atoms. The molecule has 2 saturated carbocycles. The number of hydrogen-bond acceptors (Lipinski definition) is 8. The van der Waals surface area contributed by atoms with E-state index in [9.17, 15) is 19.8 Å². The van der Waals surface area contributed by atoms with Crippen LogP contribution in [0, 0.1) is 11.8 Å². The van der Waals surface area contributed by atoms with Crippen LogP contribution in [0.2, 0.25) is 0 Å². The largest absolute Gasteiger partial charge is 0.394 e. The van der Waals surface area contributed by atoms with Crippen LogP contribution in [0.1, 0.15) is 52.4 Å². The van der Waals surface area contributed by atoms with Crippen molar-refractivity contribution in [1.29, 1.82) is 0 Å². The van der Waals surface area contributed by atoms with E-state index in [1.807, 2.05) is 13.8 Å². The summed E-state index contributed by atoms with van der Waals surface area (Å²) in [6.07, 6.45) is 3.98. The molecule has 2 aliphatic carbocycles. The minimum Gasteiger partial charge on any atom is -0.394 e. The molecule has 2 rings (SSSR count). The maximum Gasteiger partial charge on any atom is 0.239 e. The van der Waals surface area contributed by atoms with E-state index < -0.39 is 12.1 Å². The second-order valence-corrected chi connectivity index (χ2v) is 8.70. The normalized spacial score (nSPS) is 33.5. The molecule has 0 unspecified atom stereocenters. The van der Waals surface area contributed by atoms with Crippen molar-refractivity contribution in [3.8, 4) is 0 Å². The number of nitrogens with two attached hydrogens (primary N) is 2. The van der Waals surface area contributed by atoms with Crippen LogP contribution >= 0.6 is 0 Å². The molecule has 10 heteroatoms. The minimum absolute atomic E-state index is 0.0773. The predicted molar refractivity (Wildman–Crippen MR) is 112 cm³/mol. The zero-order valence-corrected chi connectivity index (χ0v) is 18.0. The molecule has 0 saturated heterocycles. The highest BCUT2D eigenvalue weighted by Crippen LogP contribution is 2.25. The van der Waals surface area contributed by atoms with Crippen molar-refractivity contribution in [2.24, 2.45) is 23.3 Å². The molecule has 2 fully saturated rings. The van der Waals surface area contributed by atoms with Gasteiger partial charge in [0.05, 0.1) is 25.4 Å². The number of rotatable bonds is 6. The second-order valence-electron chi connectivity index (χ2n) is 8.70. The summed E-state index contributed by atoms with van der Waals surface area (Å²) in [6.45, 7) is 3.26. The van der Waals surface area contributed by atoms with E-state index in [0.29, 0.717) is 12.8 Å². The SMILES string of the molecule is C[C@@H]1C[C@H](NC(=O)[C@H](N)CO)CC[C@H]1O.C[C@H]1C[C@@H](NC(=O)[C@H](N)CO)CC[C@@H]1O. The first kappa shape index (κ1) is 26.7. The number of aliphatic hydroxyl groups is 4. The Morgan fingerprint density at radius 2 is 1.13 bits per heavy atom. The van der Waals surface area contributed by atoms with Gasteiger partial charge in [-0.1, -0.05) is 13.8 Å². The third-order valence-corrected chi connectivity index (χ3v) is 6.01. The number of amides is 2. The van der Waals surface area contributed by atoms with Crippen LogP contribution in [0.5, 0.6) is 0 Å². The molecule has 2 aliphatic rings. The Hall–Kier alpha value is -1.30. The van der Waals surface area contributed by atoms with Crippen LogP contribution in [-0.4, -0.2) is 81.8 Å². The Morgan fingerprint density at radius 1 is 0.800 bits per heavy atom. The number of carbonyl (C=O) groups is 2. The van der Waals surface area contributed by atoms with Gasteiger partial charge in [-0.25, -0.2) is 0 Å². The fourth-order valence-corrected chi connectivity index (χ4v) is 3.80. The van der Waals surface area contributed by atoms with Gasteiger partial charge in [-0.3, -0.25) is 9.59 Å². The maximum absolute atomic E-state index is 11.4. The molecule has 10 nitrogen and oxygen atoms in total. The van der Waals surface area contributed by atoms with Crippen LogP contribution in [0.25, 0.3) is 0 Å². The number of nitrogens with one attached hydrogen (secondary N) is 2. The fourth-order valence-electron chi connectivity index (χ4n) is 3.80. The summed E-state index contributed by atoms with van der Waals surface area (Å²) < 4.78 is 0. The Kier molecular flexibility index (Phi) is 11.7. The van der Waals surface area contributed by atoms with Crippen molar-refractivity contribution in [2.75, 3.05) is 13.2 Å². The van der Waals surface area contributed by atoms with Crippen molar-refractivity contribution in [1.82, 2.24) is 10.6 Å². The molecule has 176 valence electrons. The standard InChI is InChI=1S/2C10H20N2O3/c2*1-6-4-7(2-3-9(6)14)12-10(15)8(11)5-13/h2*6-9,13-14H,2-5,11H2,1H3,(H,12,15)/t6-,7-,8+,9-;6-,7-,8-,9-/m01/s1. The van der Waals surface area contributed by atoms with E-state index >= 15 is 0 Å². The Balaban J connectivity index is 0.000000300. The first-order valence-electron chi connectivity index (χ1n) is 10.8. The van der Waals surface area contributed by atoms with E-state index in [1.165, 1.54) is 0 Å². The minimum atomic E-state index is -0.841. The molecule has 0 aromatic carbocycles. The van der Waals surface area contributed by atoms with Gasteiger partial charge in [0, 0.05) is 12.1 Å². The predicted octanol–water partition coefficient (Wildman–Crippen LogP) is -2.06. The van der Waals surface area contributed by atoms with Gasteiger partial charge in [0.15, 0.2) is 0 Å². The van der Waals surface area contributed by atoms with Crippen molar-refractivity contribution < 1.29 is 30.0 Å². The van der Waals surface area contributed by atoms with Gasteiger partial charge in [0.2, 0.25) is 11.8 Å². The van der Waals surface area contributed by atoms with Crippen LogP contribution in [0.3, 0.4) is 0 Å². The lowest BCUT2D eigenvalue weighted by Crippen LogP contribution is -2.49. The third-order valence-electron chi connectivity index (χ3n) is 6.01. The van der Waals surface area contributed by atoms with Gasteiger partial charge < -0.3 is 42.5 Å². The number of carbonyl (C=O) groups excluding carboxylic acids is 2. The molecule has 8 atom stereocenters. The van der Waals surface area contributed by atoms with Crippen molar-refractivity contribution in [3.63, 3.8) is 0 Å². The zero-order chi connectivity index (χ0) is 22.8. The molecule has 0 radical (unpaired) electrons. The molecular formula is C20H40N4O6. The molecule has 30 heavy (non-hydrogen) atoms. The second kappa shape index (κ2) is 13.2. The molecule has 10 N–H and O–H groups in total. The van der Waals surface area contributed by atoms with Crippen molar-refractivity contribution >= 4 is 11.8 Å². The molecule has 0 heterocycles. The lowest BCUT2D eigenvalue weighted by molar-refractivity contribution is -0.125. The van der Waals surface area contributed by atoms with E-state index in [4.69, 9.17) is 21.7 Å². The van der Waals surface area contributed by atoms with Gasteiger partial charge in [-0.2, -0.15) is 0 Å². The first-order chi connectivity index (χ1) is 14.1. The van der Waals surface area contributed by atoms with Gasteiger partial charge in [-0.05, 0) is 50.4 Å². The molecule has 0 bridgehead atoms. The Bertz CT molecular complexity index is 491. The average Bonchev–Trinajstić information content (AvgIpc) is 2.72. The third kappa shape index (κ3) is 8.83. The summed E-state index contributed by atoms with van der Waals surface area (Å²) in [5.74, 6) is -0.221. The van der Waals surface area contributed by atoms with Crippen LogP contribution in [0.15, 0.2) is 0 Å². The molecule has 0 aliphatic heterocycles. The zero-order valence-electron chi connectivity index (χ0n) is 18.0. The van der Waals surface area contributed by atoms with Crippen LogP contribution < -0.4 is 22.1 Å². The average molecular weight is 433 g/mol. The summed E-state index contributed by atoms with van der Waals surface area (Å²) >= 11 is 0. The summed E-state index contributed by atoms with van der Waals surface area (Å²) in [6, 6.07) is -1.53. The topological polar surface area (TPSA) is 191 Å². The first-order valence-corrected chi connectivity index (χ1v) is 10.8. The fraction of sp³-hybridized carbons (Fsp3) is 0.900. The smallest absolute Gasteiger partial charge is 0.239 e. The number of aliphatic hydroxyl groups excluding tert-OH is 4. The van der Waals surface area contributed by atoms with Crippen molar-refractivity contribution in [3.05, 3.63) is 0 Å². The van der Waals surface area contributed by atoms with Crippen molar-refractivity contribution in [2.45, 2.75) is 88.7 Å². The quantitative estimate of drug-likeness (QED) is 0.235. The highest BCUT2D eigenvalue weighted by molar-refractivity contribution is 5.82. The molecule has 2 amide bonds.